The number of alkyl halides is 2. The molecule has 2 aliphatic rings. The van der Waals surface area contributed by atoms with Gasteiger partial charge in [-0.1, -0.05) is 26.8 Å². The summed E-state index contributed by atoms with van der Waals surface area (Å²) in [7, 11) is 0. The SMILES string of the molecule is CC(C)(C)c1cc2cc(NC(=O)C3(c4ccc5c(c4)OC(F)(F)O5)CC3)ccc2n1C[C@@H](O)C(O)[C@H](O)CO. The molecule has 1 amide bonds. The van der Waals surface area contributed by atoms with Crippen molar-refractivity contribution in [3.63, 3.8) is 0 Å². The lowest BCUT2D eigenvalue weighted by Crippen LogP contribution is -2.42. The van der Waals surface area contributed by atoms with Crippen molar-refractivity contribution in [2.75, 3.05) is 11.9 Å². The maximum absolute atomic E-state index is 13.4. The highest BCUT2D eigenvalue weighted by atomic mass is 19.3. The van der Waals surface area contributed by atoms with E-state index < -0.39 is 36.6 Å². The van der Waals surface area contributed by atoms with Crippen molar-refractivity contribution in [1.82, 2.24) is 4.57 Å². The Bertz CT molecular complexity index is 1410. The third-order valence-electron chi connectivity index (χ3n) is 7.41. The number of aromatic nitrogens is 1. The summed E-state index contributed by atoms with van der Waals surface area (Å²) in [5, 5.41) is 43.3. The molecule has 9 nitrogen and oxygen atoms in total. The van der Waals surface area contributed by atoms with Gasteiger partial charge in [0.05, 0.1) is 18.6 Å². The summed E-state index contributed by atoms with van der Waals surface area (Å²) in [6, 6.07) is 11.7. The Kier molecular flexibility index (Phi) is 6.61. The van der Waals surface area contributed by atoms with Gasteiger partial charge in [0.15, 0.2) is 11.5 Å². The monoisotopic (exact) mass is 546 g/mol. The quantitative estimate of drug-likeness (QED) is 0.293. The molecule has 11 heteroatoms. The lowest BCUT2D eigenvalue weighted by atomic mass is 9.92. The van der Waals surface area contributed by atoms with E-state index in [-0.39, 0.29) is 29.4 Å². The lowest BCUT2D eigenvalue weighted by molar-refractivity contribution is -0.286. The number of rotatable bonds is 8. The van der Waals surface area contributed by atoms with Crippen LogP contribution in [0.2, 0.25) is 0 Å². The molecule has 1 saturated carbocycles. The number of aliphatic hydroxyl groups is 4. The van der Waals surface area contributed by atoms with E-state index in [9.17, 15) is 28.9 Å². The number of nitrogens with one attached hydrogen (secondary N) is 1. The van der Waals surface area contributed by atoms with E-state index in [1.807, 2.05) is 31.4 Å². The van der Waals surface area contributed by atoms with Gasteiger partial charge >= 0.3 is 6.29 Å². The van der Waals surface area contributed by atoms with E-state index in [4.69, 9.17) is 5.11 Å². The third-order valence-corrected chi connectivity index (χ3v) is 7.41. The van der Waals surface area contributed by atoms with E-state index in [2.05, 4.69) is 14.8 Å². The van der Waals surface area contributed by atoms with Gasteiger partial charge < -0.3 is 39.8 Å². The largest absolute Gasteiger partial charge is 0.586 e. The average molecular weight is 547 g/mol. The number of fused-ring (bicyclic) bond motifs is 2. The van der Waals surface area contributed by atoms with Crippen LogP contribution < -0.4 is 14.8 Å². The molecule has 1 fully saturated rings. The molecule has 39 heavy (non-hydrogen) atoms. The molecule has 1 unspecified atom stereocenters. The second-order valence-electron chi connectivity index (χ2n) is 11.3. The fourth-order valence-electron chi connectivity index (χ4n) is 5.10. The molecule has 2 aromatic carbocycles. The Labute approximate surface area is 223 Å². The Morgan fingerprint density at radius 3 is 2.36 bits per heavy atom. The van der Waals surface area contributed by atoms with Gasteiger partial charge in [-0.05, 0) is 54.8 Å². The van der Waals surface area contributed by atoms with Crippen LogP contribution in [0.5, 0.6) is 11.5 Å². The molecule has 210 valence electrons. The number of anilines is 1. The van der Waals surface area contributed by atoms with Gasteiger partial charge in [-0.3, -0.25) is 4.79 Å². The molecule has 0 saturated heterocycles. The van der Waals surface area contributed by atoms with Crippen LogP contribution in [0.3, 0.4) is 0 Å². The highest BCUT2D eigenvalue weighted by Gasteiger charge is 2.52. The number of amides is 1. The molecule has 1 aliphatic carbocycles. The van der Waals surface area contributed by atoms with E-state index in [1.54, 1.807) is 24.3 Å². The van der Waals surface area contributed by atoms with Crippen molar-refractivity contribution >= 4 is 22.5 Å². The number of carbonyl (C=O) groups is 1. The molecule has 5 rings (SSSR count). The first-order valence-corrected chi connectivity index (χ1v) is 12.7. The number of hydrogen-bond donors (Lipinski definition) is 5. The fraction of sp³-hybridized carbons (Fsp3) is 0.464. The zero-order chi connectivity index (χ0) is 28.3. The van der Waals surface area contributed by atoms with E-state index >= 15 is 0 Å². The Morgan fingerprint density at radius 2 is 1.72 bits per heavy atom. The van der Waals surface area contributed by atoms with Crippen LogP contribution in [0.1, 0.15) is 44.9 Å². The number of carbonyl (C=O) groups excluding carboxylic acids is 1. The van der Waals surface area contributed by atoms with Crippen molar-refractivity contribution in [2.24, 2.45) is 0 Å². The summed E-state index contributed by atoms with van der Waals surface area (Å²) in [5.41, 5.74) is 1.53. The maximum Gasteiger partial charge on any atom is 0.586 e. The Balaban J connectivity index is 1.40. The number of hydrogen-bond acceptors (Lipinski definition) is 7. The van der Waals surface area contributed by atoms with Gasteiger partial charge in [-0.2, -0.15) is 0 Å². The fourth-order valence-corrected chi connectivity index (χ4v) is 5.10. The highest BCUT2D eigenvalue weighted by molar-refractivity contribution is 6.02. The average Bonchev–Trinajstić information content (AvgIpc) is 3.51. The van der Waals surface area contributed by atoms with Gasteiger partial charge in [0.1, 0.15) is 18.3 Å². The number of nitrogens with zero attached hydrogens (tertiary/aromatic N) is 1. The minimum absolute atomic E-state index is 0.0215. The Hall–Kier alpha value is -3.25. The number of halogens is 2. The summed E-state index contributed by atoms with van der Waals surface area (Å²) < 4.78 is 37.8. The molecule has 3 atom stereocenters. The van der Waals surface area contributed by atoms with E-state index in [0.717, 1.165) is 16.6 Å². The van der Waals surface area contributed by atoms with Crippen molar-refractivity contribution in [1.29, 1.82) is 0 Å². The minimum Gasteiger partial charge on any atom is -0.395 e. The summed E-state index contributed by atoms with van der Waals surface area (Å²) in [6.45, 7) is 5.31. The molecular formula is C28H32F2N2O7. The van der Waals surface area contributed by atoms with Crippen LogP contribution in [-0.4, -0.2) is 62.1 Å². The molecule has 0 bridgehead atoms. The molecule has 2 heterocycles. The van der Waals surface area contributed by atoms with Gasteiger partial charge in [0.25, 0.3) is 0 Å². The number of ether oxygens (including phenoxy) is 2. The molecule has 3 aromatic rings. The second-order valence-corrected chi connectivity index (χ2v) is 11.3. The number of benzene rings is 2. The van der Waals surface area contributed by atoms with Crippen LogP contribution in [0.25, 0.3) is 10.9 Å². The predicted octanol–water partition coefficient (Wildman–Crippen LogP) is 3.01. The normalized spacial score (nSPS) is 19.5. The first-order chi connectivity index (χ1) is 18.2. The smallest absolute Gasteiger partial charge is 0.395 e. The minimum atomic E-state index is -3.73. The van der Waals surface area contributed by atoms with Crippen LogP contribution in [0.4, 0.5) is 14.5 Å². The molecule has 5 N–H and O–H groups in total. The van der Waals surface area contributed by atoms with Gasteiger partial charge in [-0.15, -0.1) is 8.78 Å². The molecule has 1 aromatic heterocycles. The van der Waals surface area contributed by atoms with E-state index in [0.29, 0.717) is 24.1 Å². The predicted molar refractivity (Wildman–Crippen MR) is 138 cm³/mol. The number of aliphatic hydroxyl groups excluding tert-OH is 4. The third kappa shape index (κ3) is 5.07. The van der Waals surface area contributed by atoms with E-state index in [1.165, 1.54) is 12.1 Å². The second kappa shape index (κ2) is 9.44. The Morgan fingerprint density at radius 1 is 1.03 bits per heavy atom. The summed E-state index contributed by atoms with van der Waals surface area (Å²) in [6.07, 6.45) is -6.96. The van der Waals surface area contributed by atoms with Crippen LogP contribution in [0, 0.1) is 0 Å². The first-order valence-electron chi connectivity index (χ1n) is 12.7. The van der Waals surface area contributed by atoms with Crippen molar-refractivity contribution in [3.05, 3.63) is 53.7 Å². The molecule has 0 spiro atoms. The van der Waals surface area contributed by atoms with Crippen molar-refractivity contribution < 1.29 is 43.5 Å². The molecular weight excluding hydrogens is 514 g/mol. The molecule has 0 radical (unpaired) electrons. The standard InChI is InChI=1S/C28H32F2N2O7/c1-26(2,3)23-11-15-10-17(5-6-18(15)32(23)13-19(34)24(36)20(35)14-33)31-25(37)27(8-9-27)16-4-7-21-22(12-16)39-28(29,30)38-21/h4-7,10-12,19-20,24,33-36H,8-9,13-14H2,1-3H3,(H,31,37)/t19-,20-,24?/m1/s1. The van der Waals surface area contributed by atoms with Crippen molar-refractivity contribution in [2.45, 2.75) is 75.6 Å². The maximum atomic E-state index is 13.4. The van der Waals surface area contributed by atoms with Gasteiger partial charge in [-0.25, -0.2) is 0 Å². The summed E-state index contributed by atoms with van der Waals surface area (Å²) >= 11 is 0. The van der Waals surface area contributed by atoms with Crippen molar-refractivity contribution in [3.8, 4) is 11.5 Å². The summed E-state index contributed by atoms with van der Waals surface area (Å²) in [4.78, 5) is 13.4. The van der Waals surface area contributed by atoms with Gasteiger partial charge in [0.2, 0.25) is 5.91 Å². The topological polar surface area (TPSA) is 133 Å². The van der Waals surface area contributed by atoms with Gasteiger partial charge in [0, 0.05) is 27.7 Å². The van der Waals surface area contributed by atoms with Crippen LogP contribution >= 0.6 is 0 Å². The lowest BCUT2D eigenvalue weighted by Gasteiger charge is -2.27. The van der Waals surface area contributed by atoms with Crippen LogP contribution in [-0.2, 0) is 22.2 Å². The summed E-state index contributed by atoms with van der Waals surface area (Å²) in [5.74, 6) is -0.444. The molecule has 1 aliphatic heterocycles. The first kappa shape index (κ1) is 27.3. The van der Waals surface area contributed by atoms with Crippen LogP contribution in [0.15, 0.2) is 42.5 Å². The highest BCUT2D eigenvalue weighted by Crippen LogP contribution is 2.52. The zero-order valence-electron chi connectivity index (χ0n) is 21.8. The zero-order valence-corrected chi connectivity index (χ0v) is 21.8.